The maximum Gasteiger partial charge on any atom is 0.119 e. The molecule has 0 aliphatic carbocycles. The van der Waals surface area contributed by atoms with Gasteiger partial charge >= 0.3 is 0 Å². The summed E-state index contributed by atoms with van der Waals surface area (Å²) < 4.78 is 0. The summed E-state index contributed by atoms with van der Waals surface area (Å²) in [5, 5.41) is 0. The number of hydrogen-bond donors (Lipinski definition) is 1. The Bertz CT molecular complexity index is 73.5. The van der Waals surface area contributed by atoms with Gasteiger partial charge < -0.3 is 4.84 Å². The Kier molecular flexibility index (Phi) is 0.819. The fourth-order valence-corrected chi connectivity index (χ4v) is 0.258. The molecule has 0 aromatic carbocycles. The molecular formula is C4H5NO. The lowest BCUT2D eigenvalue weighted by atomic mass is 10.6. The van der Waals surface area contributed by atoms with Crippen LogP contribution in [-0.4, -0.2) is 0 Å². The van der Waals surface area contributed by atoms with Crippen molar-refractivity contribution in [3.8, 4) is 0 Å². The molecule has 0 unspecified atom stereocenters. The summed E-state index contributed by atoms with van der Waals surface area (Å²) in [6, 6.07) is 0. The molecule has 32 valence electrons. The van der Waals surface area contributed by atoms with Gasteiger partial charge in [0.05, 0.1) is 0 Å². The lowest BCUT2D eigenvalue weighted by Crippen LogP contribution is -2.01. The van der Waals surface area contributed by atoms with Crippen molar-refractivity contribution in [1.82, 2.24) is 5.48 Å². The normalized spacial score (nSPS) is 16.0. The Hall–Kier alpha value is -0.920. The van der Waals surface area contributed by atoms with Gasteiger partial charge in [0.2, 0.25) is 0 Å². The first kappa shape index (κ1) is 3.28. The van der Waals surface area contributed by atoms with E-state index in [1.165, 1.54) is 0 Å². The summed E-state index contributed by atoms with van der Waals surface area (Å²) in [5.74, 6) is 0. The molecule has 2 nitrogen and oxygen atoms in total. The average Bonchev–Trinajstić information content (AvgIpc) is 1.72. The third-order valence-electron chi connectivity index (χ3n) is 0.490. The van der Waals surface area contributed by atoms with Gasteiger partial charge in [-0.15, -0.1) is 0 Å². The minimum atomic E-state index is 1.57. The van der Waals surface area contributed by atoms with E-state index in [1.807, 2.05) is 6.08 Å². The molecular weight excluding hydrogens is 78.0 g/mol. The SMILES string of the molecule is C1=CNOC=C1. The predicted octanol–water partition coefficient (Wildman–Crippen LogP) is 0.549. The van der Waals surface area contributed by atoms with E-state index < -0.39 is 0 Å². The average molecular weight is 83.1 g/mol. The third-order valence-corrected chi connectivity index (χ3v) is 0.490. The molecule has 0 amide bonds. The molecule has 0 bridgehead atoms. The molecule has 1 rings (SSSR count). The second-order valence-electron chi connectivity index (χ2n) is 0.923. The molecule has 6 heavy (non-hydrogen) atoms. The van der Waals surface area contributed by atoms with Crippen LogP contribution < -0.4 is 5.48 Å². The minimum Gasteiger partial charge on any atom is -0.391 e. The Labute approximate surface area is 36.1 Å². The molecule has 0 radical (unpaired) electrons. The van der Waals surface area contributed by atoms with Crippen molar-refractivity contribution < 1.29 is 4.84 Å². The van der Waals surface area contributed by atoms with Crippen LogP contribution in [0.1, 0.15) is 0 Å². The van der Waals surface area contributed by atoms with Crippen molar-refractivity contribution in [2.45, 2.75) is 0 Å². The van der Waals surface area contributed by atoms with Crippen molar-refractivity contribution in [3.05, 3.63) is 24.6 Å². The summed E-state index contributed by atoms with van der Waals surface area (Å²) in [6.07, 6.45) is 6.93. The van der Waals surface area contributed by atoms with Crippen LogP contribution in [0, 0.1) is 0 Å². The number of allylic oxidation sites excluding steroid dienone is 2. The standard InChI is InChI=1S/C4H5NO/c1-2-4-6-5-3-1/h1-5H. The molecule has 1 aliphatic rings. The molecule has 1 aliphatic heterocycles. The zero-order valence-electron chi connectivity index (χ0n) is 3.22. The molecule has 0 aromatic rings. The summed E-state index contributed by atoms with van der Waals surface area (Å²) in [6.45, 7) is 0. The molecule has 0 aromatic heterocycles. The number of hydrogen-bond acceptors (Lipinski definition) is 2. The van der Waals surface area contributed by atoms with Crippen molar-refractivity contribution in [2.75, 3.05) is 0 Å². The van der Waals surface area contributed by atoms with E-state index in [9.17, 15) is 0 Å². The molecule has 2 heteroatoms. The third kappa shape index (κ3) is 0.516. The molecule has 0 spiro atoms. The van der Waals surface area contributed by atoms with Crippen molar-refractivity contribution in [2.24, 2.45) is 0 Å². The first-order valence-electron chi connectivity index (χ1n) is 1.73. The number of nitrogens with one attached hydrogen (secondary N) is 1. The van der Waals surface area contributed by atoms with Crippen LogP contribution in [0.3, 0.4) is 0 Å². The van der Waals surface area contributed by atoms with Gasteiger partial charge in [-0.1, -0.05) is 0 Å². The van der Waals surface area contributed by atoms with Crippen LogP contribution in [0.2, 0.25) is 0 Å². The van der Waals surface area contributed by atoms with Crippen LogP contribution in [0.4, 0.5) is 0 Å². The highest BCUT2D eigenvalue weighted by atomic mass is 16.6. The van der Waals surface area contributed by atoms with Gasteiger partial charge in [-0.3, -0.25) is 0 Å². The van der Waals surface area contributed by atoms with Crippen molar-refractivity contribution in [3.63, 3.8) is 0 Å². The van der Waals surface area contributed by atoms with Gasteiger partial charge in [-0.25, -0.2) is 5.48 Å². The van der Waals surface area contributed by atoms with Crippen LogP contribution in [0.5, 0.6) is 0 Å². The zero-order chi connectivity index (χ0) is 4.24. The molecule has 1 heterocycles. The van der Waals surface area contributed by atoms with E-state index in [-0.39, 0.29) is 0 Å². The van der Waals surface area contributed by atoms with Gasteiger partial charge in [-0.2, -0.15) is 0 Å². The Balaban J connectivity index is 2.46. The van der Waals surface area contributed by atoms with Crippen LogP contribution in [0.15, 0.2) is 24.6 Å². The minimum absolute atomic E-state index is 1.57. The highest BCUT2D eigenvalue weighted by molar-refractivity contribution is 5.00. The van der Waals surface area contributed by atoms with Gasteiger partial charge in [0.25, 0.3) is 0 Å². The van der Waals surface area contributed by atoms with Crippen LogP contribution >= 0.6 is 0 Å². The van der Waals surface area contributed by atoms with E-state index in [1.54, 1.807) is 18.5 Å². The predicted molar refractivity (Wildman–Crippen MR) is 22.5 cm³/mol. The lowest BCUT2D eigenvalue weighted by Gasteiger charge is -1.97. The molecule has 1 N–H and O–H groups in total. The Morgan fingerprint density at radius 3 is 2.50 bits per heavy atom. The highest BCUT2D eigenvalue weighted by Gasteiger charge is 1.72. The monoisotopic (exact) mass is 83.0 g/mol. The van der Waals surface area contributed by atoms with Crippen LogP contribution in [-0.2, 0) is 4.84 Å². The van der Waals surface area contributed by atoms with Gasteiger partial charge in [0, 0.05) is 6.20 Å². The topological polar surface area (TPSA) is 21.3 Å². The fourth-order valence-electron chi connectivity index (χ4n) is 0.258. The lowest BCUT2D eigenvalue weighted by molar-refractivity contribution is 0.172. The van der Waals surface area contributed by atoms with Crippen molar-refractivity contribution >= 4 is 0 Å². The molecule has 0 saturated carbocycles. The van der Waals surface area contributed by atoms with E-state index in [0.29, 0.717) is 0 Å². The highest BCUT2D eigenvalue weighted by Crippen LogP contribution is 1.80. The maximum atomic E-state index is 4.55. The number of rotatable bonds is 0. The van der Waals surface area contributed by atoms with E-state index in [0.717, 1.165) is 0 Å². The summed E-state index contributed by atoms with van der Waals surface area (Å²) in [5.41, 5.74) is 2.52. The quantitative estimate of drug-likeness (QED) is 0.461. The second-order valence-corrected chi connectivity index (χ2v) is 0.923. The molecule has 0 fully saturated rings. The van der Waals surface area contributed by atoms with E-state index in [2.05, 4.69) is 10.3 Å². The first-order chi connectivity index (χ1) is 3.00. The molecule has 0 atom stereocenters. The summed E-state index contributed by atoms with van der Waals surface area (Å²) >= 11 is 0. The Morgan fingerprint density at radius 1 is 1.33 bits per heavy atom. The largest absolute Gasteiger partial charge is 0.391 e. The van der Waals surface area contributed by atoms with E-state index in [4.69, 9.17) is 0 Å². The molecule has 0 saturated heterocycles. The first-order valence-corrected chi connectivity index (χ1v) is 1.73. The number of hydroxylamine groups is 1. The van der Waals surface area contributed by atoms with Gasteiger partial charge in [-0.05, 0) is 12.2 Å². The van der Waals surface area contributed by atoms with Crippen molar-refractivity contribution in [1.29, 1.82) is 0 Å². The fraction of sp³-hybridized carbons (Fsp3) is 0. The summed E-state index contributed by atoms with van der Waals surface area (Å²) in [7, 11) is 0. The van der Waals surface area contributed by atoms with Gasteiger partial charge in [0.1, 0.15) is 6.26 Å². The van der Waals surface area contributed by atoms with Gasteiger partial charge in [0.15, 0.2) is 0 Å². The second kappa shape index (κ2) is 1.50. The summed E-state index contributed by atoms with van der Waals surface area (Å²) in [4.78, 5) is 4.55. The smallest absolute Gasteiger partial charge is 0.119 e. The Morgan fingerprint density at radius 2 is 2.33 bits per heavy atom. The van der Waals surface area contributed by atoms with Crippen LogP contribution in [0.25, 0.3) is 0 Å². The zero-order valence-corrected chi connectivity index (χ0v) is 3.22. The van der Waals surface area contributed by atoms with E-state index >= 15 is 0 Å². The maximum absolute atomic E-state index is 4.55.